The quantitative estimate of drug-likeness (QED) is 0.725. The number of nitrogens with one attached hydrogen (secondary N) is 3. The predicted molar refractivity (Wildman–Crippen MR) is 74.9 cm³/mol. The molecule has 5 nitrogen and oxygen atoms in total. The normalized spacial score (nSPS) is 11.7. The highest BCUT2D eigenvalue weighted by Crippen LogP contribution is 2.16. The molecular weight excluding hydrogens is 266 g/mol. The van der Waals surface area contributed by atoms with Crippen LogP contribution < -0.4 is 16.0 Å². The molecule has 0 aliphatic rings. The summed E-state index contributed by atoms with van der Waals surface area (Å²) in [4.78, 5) is 22.4. The Balaban J connectivity index is 2.35. The van der Waals surface area contributed by atoms with E-state index in [2.05, 4.69) is 16.0 Å². The standard InChI is InChI=1S/C13H18ClN3O2/c1-9(10-4-3-5-11(14)6-10)16-8-13(19)17-7-12(18)15-2/h3-6,9,16H,7-8H2,1-2H3,(H,15,18)(H,17,19)/t9-/m1/s1. The van der Waals surface area contributed by atoms with Crippen LogP contribution in [0.2, 0.25) is 5.02 Å². The van der Waals surface area contributed by atoms with Gasteiger partial charge in [0.05, 0.1) is 13.1 Å². The second-order valence-corrected chi connectivity index (χ2v) is 4.54. The molecule has 0 heterocycles. The Bertz CT molecular complexity index is 451. The van der Waals surface area contributed by atoms with Crippen molar-refractivity contribution in [1.82, 2.24) is 16.0 Å². The first-order valence-corrected chi connectivity index (χ1v) is 6.37. The van der Waals surface area contributed by atoms with E-state index in [1.54, 1.807) is 6.07 Å². The van der Waals surface area contributed by atoms with Crippen molar-refractivity contribution in [2.45, 2.75) is 13.0 Å². The first-order valence-electron chi connectivity index (χ1n) is 5.99. The minimum absolute atomic E-state index is 0.00412. The van der Waals surface area contributed by atoms with Crippen LogP contribution >= 0.6 is 11.6 Å². The molecule has 1 aromatic carbocycles. The van der Waals surface area contributed by atoms with Crippen LogP contribution in [-0.2, 0) is 9.59 Å². The molecule has 104 valence electrons. The zero-order chi connectivity index (χ0) is 14.3. The molecule has 0 aromatic heterocycles. The van der Waals surface area contributed by atoms with Gasteiger partial charge in [-0.2, -0.15) is 0 Å². The Morgan fingerprint density at radius 1 is 1.26 bits per heavy atom. The lowest BCUT2D eigenvalue weighted by Crippen LogP contribution is -2.40. The highest BCUT2D eigenvalue weighted by molar-refractivity contribution is 6.30. The zero-order valence-electron chi connectivity index (χ0n) is 11.0. The summed E-state index contributed by atoms with van der Waals surface area (Å²) in [6.45, 7) is 2.07. The van der Waals surface area contributed by atoms with E-state index < -0.39 is 0 Å². The van der Waals surface area contributed by atoms with Crippen LogP contribution in [0.3, 0.4) is 0 Å². The SMILES string of the molecule is CNC(=O)CNC(=O)CN[C@H](C)c1cccc(Cl)c1. The van der Waals surface area contributed by atoms with Crippen LogP contribution in [0.15, 0.2) is 24.3 Å². The Kier molecular flexibility index (Phi) is 6.32. The molecule has 2 amide bonds. The van der Waals surface area contributed by atoms with Crippen LogP contribution in [0.5, 0.6) is 0 Å². The molecule has 0 unspecified atom stereocenters. The maximum Gasteiger partial charge on any atom is 0.239 e. The van der Waals surface area contributed by atoms with Crippen LogP contribution in [0.25, 0.3) is 0 Å². The average Bonchev–Trinajstić information content (AvgIpc) is 2.41. The monoisotopic (exact) mass is 283 g/mol. The third kappa shape index (κ3) is 5.72. The van der Waals surface area contributed by atoms with E-state index in [1.807, 2.05) is 25.1 Å². The smallest absolute Gasteiger partial charge is 0.239 e. The molecule has 0 saturated carbocycles. The molecule has 1 rings (SSSR count). The van der Waals surface area contributed by atoms with Gasteiger partial charge in [-0.1, -0.05) is 23.7 Å². The van der Waals surface area contributed by atoms with Crippen LogP contribution in [0.4, 0.5) is 0 Å². The van der Waals surface area contributed by atoms with Gasteiger partial charge in [0.25, 0.3) is 0 Å². The van der Waals surface area contributed by atoms with Crippen molar-refractivity contribution in [2.75, 3.05) is 20.1 Å². The Morgan fingerprint density at radius 3 is 2.63 bits per heavy atom. The molecule has 19 heavy (non-hydrogen) atoms. The summed E-state index contributed by atoms with van der Waals surface area (Å²) < 4.78 is 0. The number of halogens is 1. The molecule has 3 N–H and O–H groups in total. The average molecular weight is 284 g/mol. The van der Waals surface area contributed by atoms with Crippen molar-refractivity contribution in [3.05, 3.63) is 34.9 Å². The largest absolute Gasteiger partial charge is 0.358 e. The molecule has 0 radical (unpaired) electrons. The number of carbonyl (C=O) groups is 2. The molecular formula is C13H18ClN3O2. The van der Waals surface area contributed by atoms with Crippen molar-refractivity contribution < 1.29 is 9.59 Å². The first kappa shape index (κ1) is 15.5. The van der Waals surface area contributed by atoms with Gasteiger partial charge >= 0.3 is 0 Å². The zero-order valence-corrected chi connectivity index (χ0v) is 11.8. The predicted octanol–water partition coefficient (Wildman–Crippen LogP) is 0.853. The number of benzene rings is 1. The Hall–Kier alpha value is -1.59. The lowest BCUT2D eigenvalue weighted by molar-refractivity contribution is -0.125. The van der Waals surface area contributed by atoms with E-state index in [4.69, 9.17) is 11.6 Å². The molecule has 0 saturated heterocycles. The summed E-state index contributed by atoms with van der Waals surface area (Å²) in [7, 11) is 1.52. The maximum absolute atomic E-state index is 11.5. The Morgan fingerprint density at radius 2 is 2.00 bits per heavy atom. The van der Waals surface area contributed by atoms with Crippen LogP contribution in [0.1, 0.15) is 18.5 Å². The molecule has 6 heteroatoms. The number of hydrogen-bond acceptors (Lipinski definition) is 3. The summed E-state index contributed by atoms with van der Waals surface area (Å²) in [6.07, 6.45) is 0. The lowest BCUT2D eigenvalue weighted by atomic mass is 10.1. The third-order valence-electron chi connectivity index (χ3n) is 2.64. The van der Waals surface area contributed by atoms with Crippen molar-refractivity contribution in [3.63, 3.8) is 0 Å². The number of amides is 2. The molecule has 1 aromatic rings. The van der Waals surface area contributed by atoms with E-state index in [0.29, 0.717) is 5.02 Å². The molecule has 0 spiro atoms. The van der Waals surface area contributed by atoms with E-state index in [-0.39, 0.29) is 30.9 Å². The fourth-order valence-electron chi connectivity index (χ4n) is 1.47. The summed E-state index contributed by atoms with van der Waals surface area (Å²) in [6, 6.07) is 7.45. The summed E-state index contributed by atoms with van der Waals surface area (Å²) in [5, 5.41) is 8.67. The fraction of sp³-hybridized carbons (Fsp3) is 0.385. The van der Waals surface area contributed by atoms with Crippen molar-refractivity contribution in [2.24, 2.45) is 0 Å². The van der Waals surface area contributed by atoms with E-state index in [0.717, 1.165) is 5.56 Å². The maximum atomic E-state index is 11.5. The van der Waals surface area contributed by atoms with Gasteiger partial charge in [0, 0.05) is 18.1 Å². The second kappa shape index (κ2) is 7.76. The summed E-state index contributed by atoms with van der Waals surface area (Å²) in [5.41, 5.74) is 1.01. The van der Waals surface area contributed by atoms with Gasteiger partial charge in [-0.25, -0.2) is 0 Å². The van der Waals surface area contributed by atoms with Gasteiger partial charge in [-0.05, 0) is 24.6 Å². The highest BCUT2D eigenvalue weighted by atomic mass is 35.5. The molecule has 1 atom stereocenters. The van der Waals surface area contributed by atoms with E-state index >= 15 is 0 Å². The second-order valence-electron chi connectivity index (χ2n) is 4.11. The Labute approximate surface area is 117 Å². The van der Waals surface area contributed by atoms with E-state index in [1.165, 1.54) is 7.05 Å². The van der Waals surface area contributed by atoms with Gasteiger partial charge in [-0.3, -0.25) is 9.59 Å². The molecule has 0 fully saturated rings. The fourth-order valence-corrected chi connectivity index (χ4v) is 1.67. The molecule has 0 aliphatic carbocycles. The molecule has 0 bridgehead atoms. The van der Waals surface area contributed by atoms with Gasteiger partial charge in [0.1, 0.15) is 0 Å². The first-order chi connectivity index (χ1) is 9.02. The van der Waals surface area contributed by atoms with Crippen molar-refractivity contribution in [1.29, 1.82) is 0 Å². The van der Waals surface area contributed by atoms with Crippen molar-refractivity contribution >= 4 is 23.4 Å². The topological polar surface area (TPSA) is 70.2 Å². The van der Waals surface area contributed by atoms with E-state index in [9.17, 15) is 9.59 Å². The lowest BCUT2D eigenvalue weighted by Gasteiger charge is -2.14. The van der Waals surface area contributed by atoms with Crippen molar-refractivity contribution in [3.8, 4) is 0 Å². The van der Waals surface area contributed by atoms with Crippen LogP contribution in [-0.4, -0.2) is 32.0 Å². The highest BCUT2D eigenvalue weighted by Gasteiger charge is 2.08. The number of hydrogen-bond donors (Lipinski definition) is 3. The summed E-state index contributed by atoms with van der Waals surface area (Å²) in [5.74, 6) is -0.450. The number of likely N-dealkylation sites (N-methyl/N-ethyl adjacent to an activating group) is 1. The minimum atomic E-state index is -0.226. The van der Waals surface area contributed by atoms with Gasteiger partial charge in [0.2, 0.25) is 11.8 Å². The summed E-state index contributed by atoms with van der Waals surface area (Å²) >= 11 is 5.90. The van der Waals surface area contributed by atoms with Gasteiger partial charge < -0.3 is 16.0 Å². The third-order valence-corrected chi connectivity index (χ3v) is 2.88. The number of carbonyl (C=O) groups excluding carboxylic acids is 2. The van der Waals surface area contributed by atoms with Gasteiger partial charge in [0.15, 0.2) is 0 Å². The minimum Gasteiger partial charge on any atom is -0.358 e. The van der Waals surface area contributed by atoms with Gasteiger partial charge in [-0.15, -0.1) is 0 Å². The molecule has 0 aliphatic heterocycles. The van der Waals surface area contributed by atoms with Crippen LogP contribution in [0, 0.1) is 0 Å². The number of rotatable bonds is 6.